The van der Waals surface area contributed by atoms with Crippen LogP contribution in [0.3, 0.4) is 0 Å². The van der Waals surface area contributed by atoms with E-state index in [4.69, 9.17) is 24.8 Å². The predicted octanol–water partition coefficient (Wildman–Crippen LogP) is 5.50. The number of ketones is 2. The van der Waals surface area contributed by atoms with E-state index in [1.807, 2.05) is 13.8 Å². The van der Waals surface area contributed by atoms with Crippen LogP contribution in [0, 0.1) is 11.8 Å². The Kier molecular flexibility index (Phi) is 45.1. The molecule has 0 unspecified atom stereocenters. The van der Waals surface area contributed by atoms with Crippen molar-refractivity contribution >= 4 is 59.1 Å². The highest BCUT2D eigenvalue weighted by molar-refractivity contribution is 5.87. The van der Waals surface area contributed by atoms with Gasteiger partial charge >= 0.3 is 23.9 Å². The zero-order valence-corrected chi connectivity index (χ0v) is 43.5. The van der Waals surface area contributed by atoms with Gasteiger partial charge in [-0.25, -0.2) is 9.59 Å². The Morgan fingerprint density at radius 2 is 0.944 bits per heavy atom. The molecule has 0 aromatic rings. The third-order valence-electron chi connectivity index (χ3n) is 11.8. The molecule has 0 aliphatic rings. The molecule has 9 N–H and O–H groups in total. The fraction of sp³-hybridized carbons (Fsp3) is 0.804. The molecule has 0 rings (SSSR count). The second kappa shape index (κ2) is 47.0. The Morgan fingerprint density at radius 3 is 1.40 bits per heavy atom. The van der Waals surface area contributed by atoms with Gasteiger partial charge in [-0.1, -0.05) is 97.3 Å². The molecule has 4 amide bonds. The molecule has 0 radical (unpaired) electrons. The maximum atomic E-state index is 12.3. The normalized spacial score (nSPS) is 12.5. The second-order valence-corrected chi connectivity index (χ2v) is 18.1. The summed E-state index contributed by atoms with van der Waals surface area (Å²) in [4.78, 5) is 116. The highest BCUT2D eigenvalue weighted by Crippen LogP contribution is 2.16. The monoisotopic (exact) mass is 1030 g/mol. The Morgan fingerprint density at radius 1 is 0.472 bits per heavy atom. The topological polar surface area (TPSA) is 338 Å². The van der Waals surface area contributed by atoms with Gasteiger partial charge in [0.25, 0.3) is 0 Å². The first kappa shape index (κ1) is 69.1. The van der Waals surface area contributed by atoms with E-state index in [2.05, 4.69) is 21.3 Å². The van der Waals surface area contributed by atoms with E-state index >= 15 is 0 Å². The first-order chi connectivity index (χ1) is 34.4. The van der Waals surface area contributed by atoms with Crippen LogP contribution >= 0.6 is 0 Å². The molecule has 0 aromatic carbocycles. The third kappa shape index (κ3) is 42.6. The summed E-state index contributed by atoms with van der Waals surface area (Å²) in [7, 11) is 1.49. The number of ether oxygens (including phenoxy) is 2. The van der Waals surface area contributed by atoms with Crippen LogP contribution in [0.15, 0.2) is 0 Å². The van der Waals surface area contributed by atoms with Gasteiger partial charge in [-0.3, -0.25) is 38.4 Å². The lowest BCUT2D eigenvalue weighted by atomic mass is 9.95. The SMILES string of the molecule is CCCOCCOCC(=O)C[C@@H](CCC(=O)N[C@@H](CCC(=O)NCCCC[C@H](CC)C(=O)CO)C(=O)O)C(=O)O.CNC(=O)CC[C@H](NC(=O)CCCCCCCCCCCCCCCCC(=O)O)C(=O)O. The zero-order valence-electron chi connectivity index (χ0n) is 43.5. The molecule has 0 heterocycles. The number of hydrogen-bond donors (Lipinski definition) is 9. The van der Waals surface area contributed by atoms with Crippen LogP contribution in [0.1, 0.15) is 194 Å². The van der Waals surface area contributed by atoms with Crippen molar-refractivity contribution in [3.8, 4) is 0 Å². The van der Waals surface area contributed by atoms with E-state index in [1.165, 1.54) is 52.0 Å². The van der Waals surface area contributed by atoms with Crippen LogP contribution in [0.25, 0.3) is 0 Å². The van der Waals surface area contributed by atoms with Gasteiger partial charge in [0.1, 0.15) is 25.3 Å². The predicted molar refractivity (Wildman–Crippen MR) is 268 cm³/mol. The Labute approximate surface area is 426 Å². The number of Topliss-reactive ketones (excluding diaryl/α,β-unsaturated/α-hetero) is 2. The van der Waals surface area contributed by atoms with Crippen molar-refractivity contribution in [1.29, 1.82) is 0 Å². The number of amides is 4. The van der Waals surface area contributed by atoms with Crippen LogP contribution in [0.5, 0.6) is 0 Å². The van der Waals surface area contributed by atoms with E-state index in [0.717, 1.165) is 51.4 Å². The largest absolute Gasteiger partial charge is 0.481 e. The number of aliphatic hydroxyl groups is 1. The first-order valence-electron chi connectivity index (χ1n) is 26.2. The van der Waals surface area contributed by atoms with Crippen molar-refractivity contribution in [2.24, 2.45) is 11.8 Å². The molecule has 0 aliphatic carbocycles. The van der Waals surface area contributed by atoms with Crippen molar-refractivity contribution in [3.63, 3.8) is 0 Å². The summed E-state index contributed by atoms with van der Waals surface area (Å²) in [5.74, 6) is -7.94. The van der Waals surface area contributed by atoms with Gasteiger partial charge in [-0.2, -0.15) is 0 Å². The molecule has 416 valence electrons. The van der Waals surface area contributed by atoms with Crippen LogP contribution < -0.4 is 21.3 Å². The molecule has 0 aromatic heterocycles. The maximum absolute atomic E-state index is 12.3. The van der Waals surface area contributed by atoms with Gasteiger partial charge in [0.05, 0.1) is 19.1 Å². The Bertz CT molecular complexity index is 1560. The quantitative estimate of drug-likeness (QED) is 0.0340. The van der Waals surface area contributed by atoms with Gasteiger partial charge in [0.2, 0.25) is 23.6 Å². The fourth-order valence-corrected chi connectivity index (χ4v) is 7.46. The lowest BCUT2D eigenvalue weighted by Gasteiger charge is -2.16. The summed E-state index contributed by atoms with van der Waals surface area (Å²) in [5, 5.41) is 55.4. The van der Waals surface area contributed by atoms with E-state index in [9.17, 15) is 58.2 Å². The summed E-state index contributed by atoms with van der Waals surface area (Å²) in [5.41, 5.74) is 0. The van der Waals surface area contributed by atoms with Crippen LogP contribution in [0.2, 0.25) is 0 Å². The minimum Gasteiger partial charge on any atom is -0.481 e. The highest BCUT2D eigenvalue weighted by Gasteiger charge is 2.26. The summed E-state index contributed by atoms with van der Waals surface area (Å²) in [6.07, 6.45) is 18.7. The number of carboxylic acid groups (broad SMARTS) is 4. The van der Waals surface area contributed by atoms with Gasteiger partial charge < -0.3 is 56.3 Å². The molecule has 21 nitrogen and oxygen atoms in total. The molecular weight excluding hydrogens is 941 g/mol. The van der Waals surface area contributed by atoms with Crippen LogP contribution in [0.4, 0.5) is 0 Å². The lowest BCUT2D eigenvalue weighted by Crippen LogP contribution is -2.42. The average Bonchev–Trinajstić information content (AvgIpc) is 3.34. The van der Waals surface area contributed by atoms with Crippen LogP contribution in [-0.4, -0.2) is 143 Å². The molecular formula is C51H90N4O17. The van der Waals surface area contributed by atoms with Crippen molar-refractivity contribution in [2.75, 3.05) is 46.6 Å². The number of carbonyl (C=O) groups is 10. The minimum atomic E-state index is -1.33. The van der Waals surface area contributed by atoms with Gasteiger partial charge in [-0.15, -0.1) is 0 Å². The van der Waals surface area contributed by atoms with Crippen molar-refractivity contribution in [1.82, 2.24) is 21.3 Å². The maximum Gasteiger partial charge on any atom is 0.326 e. The first-order valence-corrected chi connectivity index (χ1v) is 26.2. The average molecular weight is 1030 g/mol. The second-order valence-electron chi connectivity index (χ2n) is 18.1. The number of unbranched alkanes of at least 4 members (excludes halogenated alkanes) is 14. The zero-order chi connectivity index (χ0) is 54.4. The van der Waals surface area contributed by atoms with Crippen molar-refractivity contribution < 1.29 is 83.0 Å². The standard InChI is InChI=1S/C27H46N2O11.C24H44N2O6/c1-3-13-39-14-15-40-18-21(31)16-20(26(35)36)8-10-25(34)29-22(27(37)38)9-11-24(33)28-12-6-5-7-19(4-2)23(32)17-30;1-25-21(27)19-18-20(24(31)32)26-22(28)16-14-12-10-8-6-4-2-3-5-7-9-11-13-15-17-23(29)30/h19-20,22,30H,3-18H2,1-2H3,(H,28,33)(H,29,34)(H,35,36)(H,37,38);20H,2-19H2,1H3,(H,25,27)(H,26,28)(H,29,30)(H,31,32)/t19-,20+,22-;20-/m00/s1. The molecule has 0 fully saturated rings. The molecule has 21 heteroatoms. The van der Waals surface area contributed by atoms with Gasteiger partial charge in [-0.05, 0) is 57.8 Å². The molecule has 0 spiro atoms. The van der Waals surface area contributed by atoms with Crippen molar-refractivity contribution in [2.45, 2.75) is 206 Å². The number of hydrogen-bond acceptors (Lipinski definition) is 13. The van der Waals surface area contributed by atoms with Gasteiger partial charge in [0, 0.05) is 64.6 Å². The number of aliphatic hydroxyl groups excluding tert-OH is 1. The van der Waals surface area contributed by atoms with Gasteiger partial charge in [0.15, 0.2) is 11.6 Å². The number of nitrogens with one attached hydrogen (secondary N) is 4. The van der Waals surface area contributed by atoms with Crippen LogP contribution in [-0.2, 0) is 57.4 Å². The van der Waals surface area contributed by atoms with Crippen molar-refractivity contribution in [3.05, 3.63) is 0 Å². The molecule has 0 bridgehead atoms. The number of carbonyl (C=O) groups excluding carboxylic acids is 6. The third-order valence-corrected chi connectivity index (χ3v) is 11.8. The highest BCUT2D eigenvalue weighted by atomic mass is 16.5. The number of aliphatic carboxylic acids is 4. The number of rotatable bonds is 48. The van der Waals surface area contributed by atoms with E-state index in [0.29, 0.717) is 58.3 Å². The van der Waals surface area contributed by atoms with E-state index in [-0.39, 0.29) is 87.6 Å². The van der Waals surface area contributed by atoms with E-state index < -0.39 is 60.2 Å². The molecule has 0 saturated heterocycles. The molecule has 72 heavy (non-hydrogen) atoms. The Hall–Kier alpha value is -5.02. The summed E-state index contributed by atoms with van der Waals surface area (Å²) < 4.78 is 10.4. The Balaban J connectivity index is 0. The molecule has 0 aliphatic heterocycles. The summed E-state index contributed by atoms with van der Waals surface area (Å²) in [6, 6.07) is -2.35. The fourth-order valence-electron chi connectivity index (χ4n) is 7.46. The summed E-state index contributed by atoms with van der Waals surface area (Å²) in [6.45, 7) is 4.52. The molecule has 4 atom stereocenters. The lowest BCUT2D eigenvalue weighted by molar-refractivity contribution is -0.145. The smallest absolute Gasteiger partial charge is 0.326 e. The summed E-state index contributed by atoms with van der Waals surface area (Å²) >= 11 is 0. The minimum absolute atomic E-state index is 0.0718. The molecule has 0 saturated carbocycles. The number of carboxylic acids is 4. The van der Waals surface area contributed by atoms with E-state index in [1.54, 1.807) is 0 Å².